The van der Waals surface area contributed by atoms with Crippen molar-refractivity contribution in [3.05, 3.63) is 77.4 Å². The minimum Gasteiger partial charge on any atom is -0.497 e. The van der Waals surface area contributed by atoms with E-state index in [0.717, 1.165) is 22.4 Å². The first-order valence-corrected chi connectivity index (χ1v) is 14.3. The van der Waals surface area contributed by atoms with E-state index in [0.29, 0.717) is 17.2 Å². The maximum absolute atomic E-state index is 13.8. The molecule has 0 saturated heterocycles. The van der Waals surface area contributed by atoms with E-state index in [-0.39, 0.29) is 30.0 Å². The molecule has 0 radical (unpaired) electrons. The van der Waals surface area contributed by atoms with E-state index in [1.165, 1.54) is 23.5 Å². The Hall–Kier alpha value is -3.72. The number of benzene rings is 3. The molecule has 1 aliphatic heterocycles. The number of anilines is 1. The second-order valence-corrected chi connectivity index (χ2v) is 12.6. The van der Waals surface area contributed by atoms with Crippen LogP contribution in [0.3, 0.4) is 0 Å². The predicted molar refractivity (Wildman–Crippen MR) is 152 cm³/mol. The summed E-state index contributed by atoms with van der Waals surface area (Å²) >= 11 is 0. The molecule has 4 rings (SSSR count). The Labute approximate surface area is 230 Å². The number of aryl methyl sites for hydroxylation is 2. The lowest BCUT2D eigenvalue weighted by atomic mass is 9.86. The van der Waals surface area contributed by atoms with Crippen LogP contribution < -0.4 is 23.8 Å². The third-order valence-electron chi connectivity index (χ3n) is 6.50. The van der Waals surface area contributed by atoms with Gasteiger partial charge in [-0.15, -0.1) is 0 Å². The van der Waals surface area contributed by atoms with Gasteiger partial charge >= 0.3 is 0 Å². The molecule has 1 heterocycles. The van der Waals surface area contributed by atoms with Gasteiger partial charge in [-0.2, -0.15) is 0 Å². The highest BCUT2D eigenvalue weighted by Crippen LogP contribution is 2.40. The molecule has 1 amide bonds. The summed E-state index contributed by atoms with van der Waals surface area (Å²) in [5.41, 5.74) is 3.33. The number of ether oxygens (including phenoxy) is 3. The highest BCUT2D eigenvalue weighted by molar-refractivity contribution is 7.92. The molecule has 39 heavy (non-hydrogen) atoms. The van der Waals surface area contributed by atoms with Gasteiger partial charge in [0.15, 0.2) is 6.10 Å². The third kappa shape index (κ3) is 6.47. The Morgan fingerprint density at radius 1 is 1.00 bits per heavy atom. The number of carbonyl (C=O) groups excluding carboxylic acids is 1. The highest BCUT2D eigenvalue weighted by atomic mass is 32.2. The minimum atomic E-state index is -4.01. The molecule has 0 saturated carbocycles. The van der Waals surface area contributed by atoms with Crippen molar-refractivity contribution in [3.63, 3.8) is 0 Å². The lowest BCUT2D eigenvalue weighted by Gasteiger charge is -2.36. The van der Waals surface area contributed by atoms with Crippen molar-refractivity contribution in [1.82, 2.24) is 5.32 Å². The average Bonchev–Trinajstić information content (AvgIpc) is 2.89. The van der Waals surface area contributed by atoms with E-state index in [1.54, 1.807) is 18.2 Å². The van der Waals surface area contributed by atoms with Crippen molar-refractivity contribution in [1.29, 1.82) is 0 Å². The van der Waals surface area contributed by atoms with Crippen LogP contribution in [0.25, 0.3) is 0 Å². The molecule has 1 atom stereocenters. The SMILES string of the molecule is COc1ccc(S(=O)(=O)N2CC(C(=O)NCCOc3cc(C)cc(C)c3)Oc3ccc(C(C)(C)C)cc32)cc1. The number of sulfonamides is 1. The molecule has 0 bridgehead atoms. The fourth-order valence-electron chi connectivity index (χ4n) is 4.43. The van der Waals surface area contributed by atoms with Crippen LogP contribution in [0.15, 0.2) is 65.6 Å². The fourth-order valence-corrected chi connectivity index (χ4v) is 5.90. The first kappa shape index (κ1) is 28.3. The molecular weight excluding hydrogens is 516 g/mol. The molecule has 1 aliphatic rings. The molecular formula is C30H36N2O6S. The quantitative estimate of drug-likeness (QED) is 0.405. The number of nitrogens with one attached hydrogen (secondary N) is 1. The Morgan fingerprint density at radius 2 is 1.67 bits per heavy atom. The molecule has 1 unspecified atom stereocenters. The Bertz CT molecular complexity index is 1430. The standard InChI is InChI=1S/C30H36N2O6S/c1-20-15-21(2)17-24(16-20)37-14-13-31-29(33)28-19-32(39(34,35)25-10-8-23(36-6)9-11-25)26-18-22(30(3,4)5)7-12-27(26)38-28/h7-12,15-18,28H,13-14,19H2,1-6H3,(H,31,33). The van der Waals surface area contributed by atoms with E-state index in [4.69, 9.17) is 14.2 Å². The maximum Gasteiger partial charge on any atom is 0.264 e. The topological polar surface area (TPSA) is 94.2 Å². The molecule has 0 fully saturated rings. The van der Waals surface area contributed by atoms with Crippen molar-refractivity contribution < 1.29 is 27.4 Å². The van der Waals surface area contributed by atoms with Gasteiger partial charge in [-0.05, 0) is 84.5 Å². The van der Waals surface area contributed by atoms with Crippen molar-refractivity contribution in [2.24, 2.45) is 0 Å². The molecule has 0 aliphatic carbocycles. The van der Waals surface area contributed by atoms with Gasteiger partial charge in [-0.25, -0.2) is 8.42 Å². The van der Waals surface area contributed by atoms with Crippen LogP contribution in [0.4, 0.5) is 5.69 Å². The highest BCUT2D eigenvalue weighted by Gasteiger charge is 2.38. The van der Waals surface area contributed by atoms with E-state index in [1.807, 2.05) is 38.1 Å². The number of methoxy groups -OCH3 is 1. The summed E-state index contributed by atoms with van der Waals surface area (Å²) in [4.78, 5) is 13.2. The number of hydrogen-bond donors (Lipinski definition) is 1. The number of carbonyl (C=O) groups is 1. The average molecular weight is 553 g/mol. The molecule has 0 spiro atoms. The van der Waals surface area contributed by atoms with Crippen LogP contribution in [0.1, 0.15) is 37.5 Å². The Morgan fingerprint density at radius 3 is 2.28 bits per heavy atom. The predicted octanol–water partition coefficient (Wildman–Crippen LogP) is 4.76. The van der Waals surface area contributed by atoms with Gasteiger partial charge in [0.1, 0.15) is 23.9 Å². The van der Waals surface area contributed by atoms with Gasteiger partial charge in [0.2, 0.25) is 0 Å². The zero-order valence-electron chi connectivity index (χ0n) is 23.3. The van der Waals surface area contributed by atoms with E-state index < -0.39 is 22.0 Å². The Balaban J connectivity index is 1.55. The lowest BCUT2D eigenvalue weighted by molar-refractivity contribution is -0.127. The van der Waals surface area contributed by atoms with E-state index in [9.17, 15) is 13.2 Å². The zero-order chi connectivity index (χ0) is 28.4. The number of nitrogens with zero attached hydrogens (tertiary/aromatic N) is 1. The summed E-state index contributed by atoms with van der Waals surface area (Å²) in [6.07, 6.45) is -1.03. The summed E-state index contributed by atoms with van der Waals surface area (Å²) in [6, 6.07) is 17.6. The van der Waals surface area contributed by atoms with Gasteiger partial charge in [0.25, 0.3) is 15.9 Å². The number of fused-ring (bicyclic) bond motifs is 1. The molecule has 9 heteroatoms. The van der Waals surface area contributed by atoms with Crippen LogP contribution in [-0.4, -0.2) is 47.2 Å². The molecule has 208 valence electrons. The van der Waals surface area contributed by atoms with Gasteiger partial charge in [-0.3, -0.25) is 9.10 Å². The molecule has 8 nitrogen and oxygen atoms in total. The number of hydrogen-bond acceptors (Lipinski definition) is 6. The monoisotopic (exact) mass is 552 g/mol. The lowest BCUT2D eigenvalue weighted by Crippen LogP contribution is -2.51. The van der Waals surface area contributed by atoms with E-state index >= 15 is 0 Å². The summed E-state index contributed by atoms with van der Waals surface area (Å²) in [5, 5.41) is 2.82. The fraction of sp³-hybridized carbons (Fsp3) is 0.367. The van der Waals surface area contributed by atoms with E-state index in [2.05, 4.69) is 32.2 Å². The smallest absolute Gasteiger partial charge is 0.264 e. The first-order chi connectivity index (χ1) is 18.4. The van der Waals surface area contributed by atoms with Crippen molar-refractivity contribution >= 4 is 21.6 Å². The van der Waals surface area contributed by atoms with Gasteiger partial charge in [-0.1, -0.05) is 32.9 Å². The first-order valence-electron chi connectivity index (χ1n) is 12.9. The molecule has 3 aromatic rings. The van der Waals surface area contributed by atoms with Gasteiger partial charge in [0, 0.05) is 0 Å². The van der Waals surface area contributed by atoms with Gasteiger partial charge < -0.3 is 19.5 Å². The van der Waals surface area contributed by atoms with Gasteiger partial charge in [0.05, 0.1) is 30.8 Å². The minimum absolute atomic E-state index is 0.0957. The van der Waals surface area contributed by atoms with Crippen LogP contribution in [-0.2, 0) is 20.2 Å². The second-order valence-electron chi connectivity index (χ2n) is 10.7. The zero-order valence-corrected chi connectivity index (χ0v) is 24.1. The van der Waals surface area contributed by atoms with Crippen LogP contribution in [0.5, 0.6) is 17.2 Å². The van der Waals surface area contributed by atoms with Crippen molar-refractivity contribution in [2.75, 3.05) is 31.1 Å². The number of amides is 1. The Kier molecular flexibility index (Phi) is 8.11. The molecule has 3 aromatic carbocycles. The second kappa shape index (κ2) is 11.2. The summed E-state index contributed by atoms with van der Waals surface area (Å²) in [6.45, 7) is 10.5. The van der Waals surface area contributed by atoms with Crippen LogP contribution in [0.2, 0.25) is 0 Å². The normalized spacial score (nSPS) is 15.2. The van der Waals surface area contributed by atoms with Crippen LogP contribution >= 0.6 is 0 Å². The van der Waals surface area contributed by atoms with Crippen molar-refractivity contribution in [2.45, 2.75) is 51.0 Å². The summed E-state index contributed by atoms with van der Waals surface area (Å²) in [5.74, 6) is 1.19. The van der Waals surface area contributed by atoms with Crippen molar-refractivity contribution in [3.8, 4) is 17.2 Å². The molecule has 0 aromatic heterocycles. The number of rotatable bonds is 8. The third-order valence-corrected chi connectivity index (χ3v) is 8.29. The maximum atomic E-state index is 13.8. The largest absolute Gasteiger partial charge is 0.497 e. The summed E-state index contributed by atoms with van der Waals surface area (Å²) < 4.78 is 45.9. The molecule has 1 N–H and O–H groups in total. The van der Waals surface area contributed by atoms with Crippen LogP contribution in [0, 0.1) is 13.8 Å². The summed E-state index contributed by atoms with van der Waals surface area (Å²) in [7, 11) is -2.49.